The van der Waals surface area contributed by atoms with Gasteiger partial charge < -0.3 is 15.2 Å². The van der Waals surface area contributed by atoms with E-state index in [2.05, 4.69) is 10.3 Å². The van der Waals surface area contributed by atoms with Crippen LogP contribution in [0.5, 0.6) is 5.75 Å². The zero-order valence-electron chi connectivity index (χ0n) is 16.7. The number of benzene rings is 2. The first-order valence-corrected chi connectivity index (χ1v) is 10.0. The van der Waals surface area contributed by atoms with E-state index in [1.807, 2.05) is 60.7 Å². The van der Waals surface area contributed by atoms with E-state index >= 15 is 0 Å². The van der Waals surface area contributed by atoms with E-state index in [1.165, 1.54) is 0 Å². The van der Waals surface area contributed by atoms with Gasteiger partial charge in [-0.05, 0) is 41.8 Å². The number of carbonyl (C=O) groups is 1. The van der Waals surface area contributed by atoms with Crippen molar-refractivity contribution in [3.63, 3.8) is 0 Å². The number of esters is 1. The van der Waals surface area contributed by atoms with Crippen LogP contribution in [0.2, 0.25) is 0 Å². The number of nitrogens with one attached hydrogen (secondary N) is 1. The number of ether oxygens (including phenoxy) is 2. The molecule has 0 radical (unpaired) electrons. The van der Waals surface area contributed by atoms with Crippen LogP contribution in [0.25, 0.3) is 11.1 Å². The van der Waals surface area contributed by atoms with Crippen molar-refractivity contribution in [2.45, 2.75) is 25.1 Å². The lowest BCUT2D eigenvalue weighted by molar-refractivity contribution is -0.158. The van der Waals surface area contributed by atoms with E-state index in [4.69, 9.17) is 15.2 Å². The molecule has 3 N–H and O–H groups in total. The fourth-order valence-electron chi connectivity index (χ4n) is 3.38. The summed E-state index contributed by atoms with van der Waals surface area (Å²) in [6.45, 7) is 1.68. The van der Waals surface area contributed by atoms with Gasteiger partial charge in [0.2, 0.25) is 0 Å². The monoisotopic (exact) mass is 403 g/mol. The molecular weight excluding hydrogens is 378 g/mol. The Kier molecular flexibility index (Phi) is 6.07. The van der Waals surface area contributed by atoms with Crippen molar-refractivity contribution in [1.82, 2.24) is 10.3 Å². The molecule has 1 aliphatic rings. The van der Waals surface area contributed by atoms with Crippen LogP contribution in [0, 0.1) is 0 Å². The third-order valence-electron chi connectivity index (χ3n) is 5.31. The van der Waals surface area contributed by atoms with E-state index in [0.717, 1.165) is 28.8 Å². The van der Waals surface area contributed by atoms with Gasteiger partial charge in [0, 0.05) is 18.3 Å². The number of hydrogen-bond acceptors (Lipinski definition) is 6. The van der Waals surface area contributed by atoms with Gasteiger partial charge in [0.25, 0.3) is 0 Å². The second-order valence-corrected chi connectivity index (χ2v) is 7.42. The molecule has 1 aliphatic heterocycles. The van der Waals surface area contributed by atoms with Gasteiger partial charge in [-0.25, -0.2) is 4.79 Å². The molecule has 1 fully saturated rings. The maximum absolute atomic E-state index is 12.7. The highest BCUT2D eigenvalue weighted by Crippen LogP contribution is 2.26. The molecule has 0 bridgehead atoms. The second kappa shape index (κ2) is 9.07. The molecule has 0 amide bonds. The fraction of sp³-hybridized carbons (Fsp3) is 0.250. The Hall–Kier alpha value is -3.22. The third kappa shape index (κ3) is 4.50. The minimum atomic E-state index is -0.815. The predicted molar refractivity (Wildman–Crippen MR) is 115 cm³/mol. The fourth-order valence-corrected chi connectivity index (χ4v) is 3.38. The summed E-state index contributed by atoms with van der Waals surface area (Å²) in [5.41, 5.74) is 8.90. The number of rotatable bonds is 8. The molecule has 30 heavy (non-hydrogen) atoms. The molecule has 0 saturated carbocycles. The predicted octanol–water partition coefficient (Wildman–Crippen LogP) is 3.06. The first kappa shape index (κ1) is 20.1. The number of carbonyl (C=O) groups excluding carboxylic acids is 1. The maximum Gasteiger partial charge on any atom is 0.330 e. The Morgan fingerprint density at radius 1 is 1.03 bits per heavy atom. The molecule has 6 heteroatoms. The minimum absolute atomic E-state index is 0.189. The Morgan fingerprint density at radius 2 is 1.83 bits per heavy atom. The zero-order chi connectivity index (χ0) is 20.8. The van der Waals surface area contributed by atoms with Crippen molar-refractivity contribution in [2.24, 2.45) is 5.73 Å². The molecule has 1 atom stereocenters. The summed E-state index contributed by atoms with van der Waals surface area (Å²) < 4.78 is 11.5. The molecule has 0 aliphatic carbocycles. The summed E-state index contributed by atoms with van der Waals surface area (Å²) in [5.74, 6) is 0.312. The topological polar surface area (TPSA) is 86.5 Å². The van der Waals surface area contributed by atoms with Crippen LogP contribution in [-0.4, -0.2) is 29.6 Å². The molecule has 2 aromatic carbocycles. The van der Waals surface area contributed by atoms with Gasteiger partial charge in [-0.15, -0.1) is 0 Å². The van der Waals surface area contributed by atoms with E-state index in [0.29, 0.717) is 18.7 Å². The summed E-state index contributed by atoms with van der Waals surface area (Å²) in [7, 11) is 0. The Labute approximate surface area is 176 Å². The lowest BCUT2D eigenvalue weighted by Crippen LogP contribution is -2.66. The molecule has 0 spiro atoms. The van der Waals surface area contributed by atoms with Crippen LogP contribution in [-0.2, 0) is 22.7 Å². The normalized spacial score (nSPS) is 17.8. The first-order valence-electron chi connectivity index (χ1n) is 10.0. The standard InChI is InChI=1S/C24H25N3O3/c25-13-19-7-4-8-20(11-19)21-12-22(15-26-14-21)30-17-24(9-10-27-24)23(28)29-16-18-5-2-1-3-6-18/h1-8,11-12,14-15,27H,9-10,13,16-17,25H2/t24-/m0/s1. The summed E-state index contributed by atoms with van der Waals surface area (Å²) in [5, 5.41) is 3.19. The van der Waals surface area contributed by atoms with Crippen LogP contribution < -0.4 is 15.8 Å². The summed E-state index contributed by atoms with van der Waals surface area (Å²) in [4.78, 5) is 17.0. The molecule has 154 valence electrons. The van der Waals surface area contributed by atoms with Crippen LogP contribution >= 0.6 is 0 Å². The smallest absolute Gasteiger partial charge is 0.330 e. The number of aromatic nitrogens is 1. The van der Waals surface area contributed by atoms with Gasteiger partial charge in [0.1, 0.15) is 19.0 Å². The summed E-state index contributed by atoms with van der Waals surface area (Å²) in [6, 6.07) is 19.6. The lowest BCUT2D eigenvalue weighted by Gasteiger charge is -2.40. The Morgan fingerprint density at radius 3 is 2.57 bits per heavy atom. The average molecular weight is 403 g/mol. The quantitative estimate of drug-likeness (QED) is 0.562. The van der Waals surface area contributed by atoms with E-state index in [-0.39, 0.29) is 19.2 Å². The van der Waals surface area contributed by atoms with Gasteiger partial charge in [-0.3, -0.25) is 10.3 Å². The third-order valence-corrected chi connectivity index (χ3v) is 5.31. The van der Waals surface area contributed by atoms with Crippen molar-refractivity contribution < 1.29 is 14.3 Å². The lowest BCUT2D eigenvalue weighted by atomic mass is 9.89. The molecule has 3 aromatic rings. The van der Waals surface area contributed by atoms with E-state index < -0.39 is 5.54 Å². The molecular formula is C24H25N3O3. The highest BCUT2D eigenvalue weighted by molar-refractivity contribution is 5.82. The number of nitrogens with two attached hydrogens (primary N) is 1. The molecule has 0 unspecified atom stereocenters. The Bertz CT molecular complexity index is 1000. The summed E-state index contributed by atoms with van der Waals surface area (Å²) >= 11 is 0. The minimum Gasteiger partial charge on any atom is -0.489 e. The Balaban J connectivity index is 1.41. The largest absolute Gasteiger partial charge is 0.489 e. The van der Waals surface area contributed by atoms with Crippen LogP contribution in [0.3, 0.4) is 0 Å². The molecule has 4 rings (SSSR count). The molecule has 1 saturated heterocycles. The first-order chi connectivity index (χ1) is 14.7. The van der Waals surface area contributed by atoms with Crippen molar-refractivity contribution >= 4 is 5.97 Å². The average Bonchev–Trinajstić information content (AvgIpc) is 2.78. The number of nitrogens with zero attached hydrogens (tertiary/aromatic N) is 1. The van der Waals surface area contributed by atoms with Gasteiger partial charge in [-0.2, -0.15) is 0 Å². The van der Waals surface area contributed by atoms with Gasteiger partial charge in [-0.1, -0.05) is 48.5 Å². The van der Waals surface area contributed by atoms with E-state index in [1.54, 1.807) is 12.4 Å². The van der Waals surface area contributed by atoms with Crippen LogP contribution in [0.15, 0.2) is 73.1 Å². The number of hydrogen-bond donors (Lipinski definition) is 2. The SMILES string of the molecule is NCc1cccc(-c2cncc(OC[C@]3(C(=O)OCc4ccccc4)CCN3)c2)c1. The van der Waals surface area contributed by atoms with Gasteiger partial charge in [0.05, 0.1) is 6.20 Å². The van der Waals surface area contributed by atoms with Crippen molar-refractivity contribution in [2.75, 3.05) is 13.2 Å². The highest BCUT2D eigenvalue weighted by Gasteiger charge is 2.46. The molecule has 1 aromatic heterocycles. The van der Waals surface area contributed by atoms with Gasteiger partial charge in [0.15, 0.2) is 5.54 Å². The maximum atomic E-state index is 12.7. The second-order valence-electron chi connectivity index (χ2n) is 7.42. The molecule has 6 nitrogen and oxygen atoms in total. The van der Waals surface area contributed by atoms with Gasteiger partial charge >= 0.3 is 5.97 Å². The molecule has 2 heterocycles. The van der Waals surface area contributed by atoms with E-state index in [9.17, 15) is 4.79 Å². The van der Waals surface area contributed by atoms with Crippen molar-refractivity contribution in [3.05, 3.63) is 84.2 Å². The highest BCUT2D eigenvalue weighted by atomic mass is 16.5. The van der Waals surface area contributed by atoms with Crippen molar-refractivity contribution in [3.8, 4) is 16.9 Å². The van der Waals surface area contributed by atoms with Crippen molar-refractivity contribution in [1.29, 1.82) is 0 Å². The number of pyridine rings is 1. The van der Waals surface area contributed by atoms with Crippen LogP contribution in [0.1, 0.15) is 17.5 Å². The zero-order valence-corrected chi connectivity index (χ0v) is 16.7. The summed E-state index contributed by atoms with van der Waals surface area (Å²) in [6.07, 6.45) is 4.11. The van der Waals surface area contributed by atoms with Crippen LogP contribution in [0.4, 0.5) is 0 Å².